The molecule has 0 aliphatic carbocycles. The second-order valence-corrected chi connectivity index (χ2v) is 7.11. The summed E-state index contributed by atoms with van der Waals surface area (Å²) in [5.41, 5.74) is 3.73. The van der Waals surface area contributed by atoms with E-state index in [9.17, 15) is 9.18 Å². The predicted molar refractivity (Wildman–Crippen MR) is 99.3 cm³/mol. The summed E-state index contributed by atoms with van der Waals surface area (Å²) in [6.45, 7) is 4.05. The van der Waals surface area contributed by atoms with E-state index < -0.39 is 0 Å². The SMILES string of the molecule is Cc1ccc(C)c(-n2nnnc2SCCCC(=O)c2ccc(F)cc2)c1. The summed E-state index contributed by atoms with van der Waals surface area (Å²) in [6.07, 6.45) is 1.10. The van der Waals surface area contributed by atoms with Crippen LogP contribution in [0.1, 0.15) is 34.3 Å². The Bertz CT molecular complexity index is 908. The highest BCUT2D eigenvalue weighted by Crippen LogP contribution is 2.22. The van der Waals surface area contributed by atoms with Crippen LogP contribution in [0.15, 0.2) is 47.6 Å². The van der Waals surface area contributed by atoms with E-state index in [-0.39, 0.29) is 11.6 Å². The second-order valence-electron chi connectivity index (χ2n) is 6.05. The van der Waals surface area contributed by atoms with Crippen LogP contribution in [0.5, 0.6) is 0 Å². The van der Waals surface area contributed by atoms with Crippen molar-refractivity contribution < 1.29 is 9.18 Å². The van der Waals surface area contributed by atoms with Crippen LogP contribution < -0.4 is 0 Å². The van der Waals surface area contributed by atoms with Crippen molar-refractivity contribution in [1.82, 2.24) is 20.2 Å². The van der Waals surface area contributed by atoms with Crippen molar-refractivity contribution in [2.75, 3.05) is 5.75 Å². The van der Waals surface area contributed by atoms with E-state index >= 15 is 0 Å². The minimum absolute atomic E-state index is 0.0136. The number of tetrazole rings is 1. The Morgan fingerprint density at radius 3 is 2.69 bits per heavy atom. The molecule has 1 heterocycles. The van der Waals surface area contributed by atoms with E-state index in [1.54, 1.807) is 4.68 Å². The quantitative estimate of drug-likeness (QED) is 0.355. The van der Waals surface area contributed by atoms with E-state index in [4.69, 9.17) is 0 Å². The number of ketones is 1. The molecule has 1 aromatic heterocycles. The van der Waals surface area contributed by atoms with Gasteiger partial charge in [0.05, 0.1) is 5.69 Å². The molecule has 0 unspecified atom stereocenters. The van der Waals surface area contributed by atoms with Gasteiger partial charge in [-0.05, 0) is 72.2 Å². The van der Waals surface area contributed by atoms with Crippen molar-refractivity contribution >= 4 is 17.5 Å². The van der Waals surface area contributed by atoms with Crippen molar-refractivity contribution in [2.24, 2.45) is 0 Å². The summed E-state index contributed by atoms with van der Waals surface area (Å²) in [6, 6.07) is 11.8. The van der Waals surface area contributed by atoms with Gasteiger partial charge in [-0.3, -0.25) is 4.79 Å². The summed E-state index contributed by atoms with van der Waals surface area (Å²) in [4.78, 5) is 12.1. The molecular weight excluding hydrogens is 351 g/mol. The van der Waals surface area contributed by atoms with Crippen LogP contribution in [-0.4, -0.2) is 31.7 Å². The maximum atomic E-state index is 12.9. The molecule has 2 aromatic carbocycles. The average molecular weight is 370 g/mol. The number of rotatable bonds is 7. The Labute approximate surface area is 155 Å². The van der Waals surface area contributed by atoms with Gasteiger partial charge in [0.25, 0.3) is 0 Å². The Morgan fingerprint density at radius 2 is 1.92 bits per heavy atom. The second kappa shape index (κ2) is 8.23. The van der Waals surface area contributed by atoms with Gasteiger partial charge in [-0.25, -0.2) is 4.39 Å². The lowest BCUT2D eigenvalue weighted by atomic mass is 10.1. The molecule has 0 saturated carbocycles. The minimum Gasteiger partial charge on any atom is -0.294 e. The van der Waals surface area contributed by atoms with Crippen molar-refractivity contribution in [3.05, 3.63) is 65.0 Å². The fourth-order valence-corrected chi connectivity index (χ4v) is 3.37. The topological polar surface area (TPSA) is 60.7 Å². The predicted octanol–water partition coefficient (Wildman–Crippen LogP) is 4.17. The summed E-state index contributed by atoms with van der Waals surface area (Å²) in [5, 5.41) is 12.7. The fourth-order valence-electron chi connectivity index (χ4n) is 2.54. The highest BCUT2D eigenvalue weighted by Gasteiger charge is 2.12. The molecule has 0 fully saturated rings. The monoisotopic (exact) mass is 370 g/mol. The van der Waals surface area contributed by atoms with Gasteiger partial charge in [0.15, 0.2) is 5.78 Å². The maximum absolute atomic E-state index is 12.9. The smallest absolute Gasteiger partial charge is 0.214 e. The molecule has 7 heteroatoms. The molecule has 0 aliphatic heterocycles. The normalized spacial score (nSPS) is 10.9. The molecule has 0 amide bonds. The van der Waals surface area contributed by atoms with Crippen LogP contribution in [-0.2, 0) is 0 Å². The average Bonchev–Trinajstić information content (AvgIpc) is 3.09. The molecule has 0 saturated heterocycles. The van der Waals surface area contributed by atoms with Gasteiger partial charge in [-0.1, -0.05) is 23.9 Å². The number of thioether (sulfide) groups is 1. The van der Waals surface area contributed by atoms with E-state index in [0.29, 0.717) is 23.6 Å². The van der Waals surface area contributed by atoms with Crippen molar-refractivity contribution in [1.29, 1.82) is 0 Å². The van der Waals surface area contributed by atoms with Crippen molar-refractivity contribution in [3.8, 4) is 5.69 Å². The third-order valence-electron chi connectivity index (χ3n) is 3.98. The van der Waals surface area contributed by atoms with E-state index in [1.165, 1.54) is 36.0 Å². The highest BCUT2D eigenvalue weighted by atomic mass is 32.2. The van der Waals surface area contributed by atoms with Crippen LogP contribution in [0, 0.1) is 19.7 Å². The highest BCUT2D eigenvalue weighted by molar-refractivity contribution is 7.99. The molecule has 26 heavy (non-hydrogen) atoms. The van der Waals surface area contributed by atoms with E-state index in [1.807, 2.05) is 26.0 Å². The van der Waals surface area contributed by atoms with Crippen molar-refractivity contribution in [2.45, 2.75) is 31.8 Å². The van der Waals surface area contributed by atoms with Crippen LogP contribution >= 0.6 is 11.8 Å². The number of nitrogens with zero attached hydrogens (tertiary/aromatic N) is 4. The standard InChI is InChI=1S/C19H19FN4OS/c1-13-5-6-14(2)17(12-13)24-19(21-22-23-24)26-11-3-4-18(25)15-7-9-16(20)10-8-15/h5-10,12H,3-4,11H2,1-2H3. The van der Waals surface area contributed by atoms with E-state index in [2.05, 4.69) is 21.6 Å². The van der Waals surface area contributed by atoms with Gasteiger partial charge in [0, 0.05) is 17.7 Å². The number of aromatic nitrogens is 4. The number of aryl methyl sites for hydroxylation is 2. The Balaban J connectivity index is 1.58. The summed E-state index contributed by atoms with van der Waals surface area (Å²) in [5.74, 6) is 0.396. The maximum Gasteiger partial charge on any atom is 0.214 e. The number of halogens is 1. The molecule has 5 nitrogen and oxygen atoms in total. The number of carbonyl (C=O) groups is 1. The lowest BCUT2D eigenvalue weighted by Crippen LogP contribution is -2.03. The first kappa shape index (κ1) is 18.3. The van der Waals surface area contributed by atoms with Gasteiger partial charge in [-0.15, -0.1) is 5.10 Å². The molecule has 3 rings (SSSR count). The molecule has 3 aromatic rings. The van der Waals surface area contributed by atoms with Crippen molar-refractivity contribution in [3.63, 3.8) is 0 Å². The minimum atomic E-state index is -0.338. The molecular formula is C19H19FN4OS. The lowest BCUT2D eigenvalue weighted by molar-refractivity contribution is 0.0982. The Hall–Kier alpha value is -2.54. The molecule has 0 bridgehead atoms. The zero-order valence-corrected chi connectivity index (χ0v) is 15.5. The lowest BCUT2D eigenvalue weighted by Gasteiger charge is -2.08. The van der Waals surface area contributed by atoms with Gasteiger partial charge in [-0.2, -0.15) is 4.68 Å². The molecule has 0 aliphatic rings. The van der Waals surface area contributed by atoms with Crippen LogP contribution in [0.2, 0.25) is 0 Å². The number of hydrogen-bond acceptors (Lipinski definition) is 5. The fraction of sp³-hybridized carbons (Fsp3) is 0.263. The van der Waals surface area contributed by atoms with Crippen LogP contribution in [0.25, 0.3) is 5.69 Å². The number of Topliss-reactive ketones (excluding diaryl/α,β-unsaturated/α-hetero) is 1. The first-order valence-corrected chi connectivity index (χ1v) is 9.31. The Morgan fingerprint density at radius 1 is 1.15 bits per heavy atom. The molecule has 134 valence electrons. The summed E-state index contributed by atoms with van der Waals surface area (Å²) in [7, 11) is 0. The van der Waals surface area contributed by atoms with Crippen LogP contribution in [0.3, 0.4) is 0 Å². The van der Waals surface area contributed by atoms with E-state index in [0.717, 1.165) is 22.6 Å². The number of benzene rings is 2. The number of hydrogen-bond donors (Lipinski definition) is 0. The molecule has 0 atom stereocenters. The molecule has 0 radical (unpaired) electrons. The Kier molecular flexibility index (Phi) is 5.78. The summed E-state index contributed by atoms with van der Waals surface area (Å²) >= 11 is 1.52. The first-order valence-electron chi connectivity index (χ1n) is 8.32. The van der Waals surface area contributed by atoms with Gasteiger partial charge in [0.1, 0.15) is 5.82 Å². The first-order chi connectivity index (χ1) is 12.5. The van der Waals surface area contributed by atoms with Gasteiger partial charge < -0.3 is 0 Å². The third kappa shape index (κ3) is 4.35. The largest absolute Gasteiger partial charge is 0.294 e. The van der Waals surface area contributed by atoms with Gasteiger partial charge in [0.2, 0.25) is 5.16 Å². The zero-order valence-electron chi connectivity index (χ0n) is 14.6. The molecule has 0 N–H and O–H groups in total. The molecule has 0 spiro atoms. The van der Waals surface area contributed by atoms with Gasteiger partial charge >= 0.3 is 0 Å². The van der Waals surface area contributed by atoms with Crippen LogP contribution in [0.4, 0.5) is 4.39 Å². The summed E-state index contributed by atoms with van der Waals surface area (Å²) < 4.78 is 14.6. The number of carbonyl (C=O) groups excluding carboxylic acids is 1. The zero-order chi connectivity index (χ0) is 18.5. The third-order valence-corrected chi connectivity index (χ3v) is 4.98.